The molecule has 0 saturated carbocycles. The molecule has 0 amide bonds. The Balaban J connectivity index is 2.24. The van der Waals surface area contributed by atoms with E-state index in [1.165, 1.54) is 12.1 Å². The van der Waals surface area contributed by atoms with E-state index in [9.17, 15) is 8.78 Å². The van der Waals surface area contributed by atoms with Crippen LogP contribution < -0.4 is 5.32 Å². The van der Waals surface area contributed by atoms with Crippen LogP contribution in [0.1, 0.15) is 30.6 Å². The predicted octanol–water partition coefficient (Wildman–Crippen LogP) is 4.30. The van der Waals surface area contributed by atoms with E-state index in [1.54, 1.807) is 24.4 Å². The summed E-state index contributed by atoms with van der Waals surface area (Å²) >= 11 is 5.79. The second kappa shape index (κ2) is 7.48. The lowest BCUT2D eigenvalue weighted by molar-refractivity contribution is 0.482. The lowest BCUT2D eigenvalue weighted by Crippen LogP contribution is -2.26. The quantitative estimate of drug-likeness (QED) is 0.860. The van der Waals surface area contributed by atoms with Gasteiger partial charge in [0, 0.05) is 6.20 Å². The van der Waals surface area contributed by atoms with Gasteiger partial charge in [0.05, 0.1) is 16.8 Å². The van der Waals surface area contributed by atoms with Crippen LogP contribution in [-0.4, -0.2) is 11.5 Å². The van der Waals surface area contributed by atoms with Gasteiger partial charge in [0.25, 0.3) is 0 Å². The van der Waals surface area contributed by atoms with Gasteiger partial charge in [0.15, 0.2) is 0 Å². The molecular formula is C16H17ClF2N2. The Hall–Kier alpha value is -1.52. The summed E-state index contributed by atoms with van der Waals surface area (Å²) in [5.74, 6) is -0.804. The molecule has 2 aromatic rings. The summed E-state index contributed by atoms with van der Waals surface area (Å²) in [6.45, 7) is 2.78. The number of benzene rings is 1. The number of halogens is 3. The zero-order chi connectivity index (χ0) is 15.2. The predicted molar refractivity (Wildman–Crippen MR) is 80.3 cm³/mol. The van der Waals surface area contributed by atoms with Gasteiger partial charge >= 0.3 is 0 Å². The zero-order valence-electron chi connectivity index (χ0n) is 11.7. The number of nitrogens with zero attached hydrogens (tertiary/aromatic N) is 1. The maximum atomic E-state index is 13.9. The molecule has 1 aromatic carbocycles. The third kappa shape index (κ3) is 4.22. The monoisotopic (exact) mass is 310 g/mol. The van der Waals surface area contributed by atoms with Crippen LogP contribution in [0.4, 0.5) is 8.78 Å². The summed E-state index contributed by atoms with van der Waals surface area (Å²) in [5.41, 5.74) is 1.20. The van der Waals surface area contributed by atoms with Crippen molar-refractivity contribution in [3.05, 3.63) is 64.4 Å². The van der Waals surface area contributed by atoms with Crippen molar-refractivity contribution < 1.29 is 8.78 Å². The van der Waals surface area contributed by atoms with Gasteiger partial charge in [0.2, 0.25) is 0 Å². The van der Waals surface area contributed by atoms with E-state index in [4.69, 9.17) is 11.6 Å². The van der Waals surface area contributed by atoms with Crippen molar-refractivity contribution in [3.63, 3.8) is 0 Å². The first-order valence-electron chi connectivity index (χ1n) is 6.89. The molecule has 1 heterocycles. The van der Waals surface area contributed by atoms with Crippen LogP contribution in [0.5, 0.6) is 0 Å². The number of hydrogen-bond donors (Lipinski definition) is 1. The third-order valence-corrected chi connectivity index (χ3v) is 3.47. The molecule has 0 bridgehead atoms. The molecular weight excluding hydrogens is 294 g/mol. The van der Waals surface area contributed by atoms with Gasteiger partial charge in [-0.2, -0.15) is 0 Å². The minimum Gasteiger partial charge on any atom is -0.308 e. The van der Waals surface area contributed by atoms with E-state index in [0.717, 1.165) is 18.5 Å². The molecule has 0 radical (unpaired) electrons. The molecule has 2 nitrogen and oxygen atoms in total. The standard InChI is InChI=1S/C16H17ClF2N2/c1-2-7-20-15(16-14(19)4-3-8-21-16)10-11-5-6-13(18)12(17)9-11/h3-6,8-9,15,20H,2,7,10H2,1H3. The van der Waals surface area contributed by atoms with E-state index in [-0.39, 0.29) is 16.9 Å². The Morgan fingerprint density at radius 1 is 1.24 bits per heavy atom. The number of rotatable bonds is 6. The molecule has 1 atom stereocenters. The summed E-state index contributed by atoms with van der Waals surface area (Å²) in [6, 6.07) is 7.22. The van der Waals surface area contributed by atoms with Crippen LogP contribution in [0.15, 0.2) is 36.5 Å². The second-order valence-electron chi connectivity index (χ2n) is 4.83. The number of hydrogen-bond acceptors (Lipinski definition) is 2. The lowest BCUT2D eigenvalue weighted by Gasteiger charge is -2.19. The molecule has 2 rings (SSSR count). The first kappa shape index (κ1) is 15.9. The summed E-state index contributed by atoms with van der Waals surface area (Å²) in [5, 5.41) is 3.34. The highest BCUT2D eigenvalue weighted by atomic mass is 35.5. The van der Waals surface area contributed by atoms with Crippen molar-refractivity contribution in [2.45, 2.75) is 25.8 Å². The topological polar surface area (TPSA) is 24.9 Å². The van der Waals surface area contributed by atoms with Crippen molar-refractivity contribution in [1.29, 1.82) is 0 Å². The van der Waals surface area contributed by atoms with Crippen LogP contribution in [0.3, 0.4) is 0 Å². The summed E-state index contributed by atoms with van der Waals surface area (Å²) in [6.07, 6.45) is 2.99. The fourth-order valence-corrected chi connectivity index (χ4v) is 2.34. The van der Waals surface area contributed by atoms with E-state index in [1.807, 2.05) is 6.92 Å². The Kier molecular flexibility index (Phi) is 5.65. The van der Waals surface area contributed by atoms with Gasteiger partial charge in [-0.15, -0.1) is 0 Å². The van der Waals surface area contributed by atoms with Crippen LogP contribution in [0.25, 0.3) is 0 Å². The molecule has 0 aliphatic carbocycles. The van der Waals surface area contributed by atoms with Crippen molar-refractivity contribution in [2.75, 3.05) is 6.54 Å². The molecule has 0 aliphatic heterocycles. The van der Waals surface area contributed by atoms with Crippen LogP contribution in [0, 0.1) is 11.6 Å². The van der Waals surface area contributed by atoms with Gasteiger partial charge in [-0.1, -0.05) is 24.6 Å². The Labute approximate surface area is 128 Å². The SMILES string of the molecule is CCCNC(Cc1ccc(F)c(Cl)c1)c1ncccc1F. The van der Waals surface area contributed by atoms with Crippen molar-refractivity contribution in [1.82, 2.24) is 10.3 Å². The van der Waals surface area contributed by atoms with Gasteiger partial charge < -0.3 is 5.32 Å². The Morgan fingerprint density at radius 2 is 2.05 bits per heavy atom. The minimum absolute atomic E-state index is 0.0724. The van der Waals surface area contributed by atoms with E-state index in [2.05, 4.69) is 10.3 Å². The number of aromatic nitrogens is 1. The molecule has 1 N–H and O–H groups in total. The number of nitrogens with one attached hydrogen (secondary N) is 1. The molecule has 5 heteroatoms. The van der Waals surface area contributed by atoms with E-state index in [0.29, 0.717) is 12.1 Å². The fourth-order valence-electron chi connectivity index (χ4n) is 2.14. The highest BCUT2D eigenvalue weighted by Gasteiger charge is 2.17. The molecule has 1 aromatic heterocycles. The molecule has 21 heavy (non-hydrogen) atoms. The summed E-state index contributed by atoms with van der Waals surface area (Å²) < 4.78 is 27.1. The number of pyridine rings is 1. The summed E-state index contributed by atoms with van der Waals surface area (Å²) in [7, 11) is 0. The fraction of sp³-hybridized carbons (Fsp3) is 0.312. The smallest absolute Gasteiger partial charge is 0.146 e. The van der Waals surface area contributed by atoms with E-state index >= 15 is 0 Å². The average Bonchev–Trinajstić information content (AvgIpc) is 2.48. The highest BCUT2D eigenvalue weighted by molar-refractivity contribution is 6.30. The first-order chi connectivity index (χ1) is 10.1. The van der Waals surface area contributed by atoms with Gasteiger partial charge in [-0.05, 0) is 49.2 Å². The van der Waals surface area contributed by atoms with Gasteiger partial charge in [-0.3, -0.25) is 4.98 Å². The maximum absolute atomic E-state index is 13.9. The summed E-state index contributed by atoms with van der Waals surface area (Å²) in [4.78, 5) is 4.12. The highest BCUT2D eigenvalue weighted by Crippen LogP contribution is 2.22. The lowest BCUT2D eigenvalue weighted by atomic mass is 10.0. The van der Waals surface area contributed by atoms with Crippen molar-refractivity contribution >= 4 is 11.6 Å². The Bertz CT molecular complexity index is 605. The molecule has 0 aliphatic rings. The van der Waals surface area contributed by atoms with E-state index < -0.39 is 5.82 Å². The molecule has 0 fully saturated rings. The third-order valence-electron chi connectivity index (χ3n) is 3.18. The zero-order valence-corrected chi connectivity index (χ0v) is 12.5. The van der Waals surface area contributed by atoms with Gasteiger partial charge in [-0.25, -0.2) is 8.78 Å². The van der Waals surface area contributed by atoms with Gasteiger partial charge in [0.1, 0.15) is 11.6 Å². The maximum Gasteiger partial charge on any atom is 0.146 e. The minimum atomic E-state index is -0.456. The molecule has 1 unspecified atom stereocenters. The van der Waals surface area contributed by atoms with Crippen molar-refractivity contribution in [2.24, 2.45) is 0 Å². The largest absolute Gasteiger partial charge is 0.308 e. The first-order valence-corrected chi connectivity index (χ1v) is 7.27. The normalized spacial score (nSPS) is 12.4. The Morgan fingerprint density at radius 3 is 2.71 bits per heavy atom. The molecule has 112 valence electrons. The molecule has 0 spiro atoms. The van der Waals surface area contributed by atoms with Crippen LogP contribution in [-0.2, 0) is 6.42 Å². The van der Waals surface area contributed by atoms with Crippen molar-refractivity contribution in [3.8, 4) is 0 Å². The molecule has 0 saturated heterocycles. The van der Waals surface area contributed by atoms with Crippen LogP contribution in [0.2, 0.25) is 5.02 Å². The average molecular weight is 311 g/mol. The van der Waals surface area contributed by atoms with Crippen LogP contribution >= 0.6 is 11.6 Å². The second-order valence-corrected chi connectivity index (χ2v) is 5.24.